The maximum atomic E-state index is 5.50. The molecular weight excluding hydrogens is 270 g/mol. The minimum Gasteiger partial charge on any atom is -0.497 e. The Balaban J connectivity index is 2.35. The van der Waals surface area contributed by atoms with Gasteiger partial charge in [0.25, 0.3) is 0 Å². The van der Waals surface area contributed by atoms with Crippen molar-refractivity contribution in [2.45, 2.75) is 18.9 Å². The van der Waals surface area contributed by atoms with E-state index < -0.39 is 0 Å². The van der Waals surface area contributed by atoms with Crippen LogP contribution in [0, 0.1) is 0 Å². The van der Waals surface area contributed by atoms with Crippen molar-refractivity contribution in [3.63, 3.8) is 0 Å². The van der Waals surface area contributed by atoms with E-state index in [9.17, 15) is 0 Å². The Labute approximate surface area is 103 Å². The van der Waals surface area contributed by atoms with Gasteiger partial charge in [0.2, 0.25) is 0 Å². The van der Waals surface area contributed by atoms with Crippen LogP contribution in [0.1, 0.15) is 18.4 Å². The Morgan fingerprint density at radius 1 is 1.56 bits per heavy atom. The Bertz CT molecular complexity index is 416. The van der Waals surface area contributed by atoms with Crippen LogP contribution in [0.25, 0.3) is 0 Å². The molecule has 1 aliphatic carbocycles. The van der Waals surface area contributed by atoms with E-state index >= 15 is 0 Å². The Hall–Kier alpha value is -1.07. The van der Waals surface area contributed by atoms with Crippen LogP contribution in [0.5, 0.6) is 5.75 Å². The first-order valence-electron chi connectivity index (χ1n) is 5.13. The number of rotatable bonds is 3. The second kappa shape index (κ2) is 4.84. The standard InChI is InChI=1S/C11H14BrN3O/c1-16-8-4-5-10(12)9(6-8)11(15-13)14-7-2-3-7/h4-7H,2-3,13H2,1H3,(H,14,15). The van der Waals surface area contributed by atoms with Crippen molar-refractivity contribution in [3.05, 3.63) is 28.2 Å². The van der Waals surface area contributed by atoms with E-state index in [-0.39, 0.29) is 0 Å². The highest BCUT2D eigenvalue weighted by Crippen LogP contribution is 2.27. The molecule has 0 atom stereocenters. The number of benzene rings is 1. The number of hydrazine groups is 1. The third kappa shape index (κ3) is 2.54. The molecule has 5 heteroatoms. The molecule has 4 nitrogen and oxygen atoms in total. The second-order valence-corrected chi connectivity index (χ2v) is 4.55. The molecule has 0 aliphatic heterocycles. The number of nitrogens with one attached hydrogen (secondary N) is 1. The van der Waals surface area contributed by atoms with Crippen molar-refractivity contribution in [2.75, 3.05) is 7.11 Å². The molecule has 16 heavy (non-hydrogen) atoms. The Morgan fingerprint density at radius 3 is 2.88 bits per heavy atom. The molecule has 1 saturated carbocycles. The van der Waals surface area contributed by atoms with E-state index in [1.807, 2.05) is 18.2 Å². The molecule has 0 aromatic heterocycles. The zero-order valence-electron chi connectivity index (χ0n) is 9.03. The first-order chi connectivity index (χ1) is 7.74. The number of nitrogens with zero attached hydrogens (tertiary/aromatic N) is 1. The van der Waals surface area contributed by atoms with E-state index in [1.165, 1.54) is 0 Å². The highest BCUT2D eigenvalue weighted by Gasteiger charge is 2.22. The molecule has 0 radical (unpaired) electrons. The summed E-state index contributed by atoms with van der Waals surface area (Å²) in [5.41, 5.74) is 3.57. The first-order valence-corrected chi connectivity index (χ1v) is 5.92. The Kier molecular flexibility index (Phi) is 3.46. The number of ether oxygens (including phenoxy) is 1. The monoisotopic (exact) mass is 283 g/mol. The van der Waals surface area contributed by atoms with Crippen molar-refractivity contribution in [2.24, 2.45) is 10.8 Å². The van der Waals surface area contributed by atoms with Crippen molar-refractivity contribution in [1.29, 1.82) is 0 Å². The van der Waals surface area contributed by atoms with Crippen LogP contribution in [0.4, 0.5) is 0 Å². The molecule has 86 valence electrons. The summed E-state index contributed by atoms with van der Waals surface area (Å²) in [7, 11) is 1.64. The highest BCUT2D eigenvalue weighted by atomic mass is 79.9. The van der Waals surface area contributed by atoms with Crippen molar-refractivity contribution < 1.29 is 4.74 Å². The lowest BCUT2D eigenvalue weighted by Gasteiger charge is -2.09. The lowest BCUT2D eigenvalue weighted by molar-refractivity contribution is 0.414. The van der Waals surface area contributed by atoms with Crippen LogP contribution in [0.3, 0.4) is 0 Å². The number of halogens is 1. The number of methoxy groups -OCH3 is 1. The van der Waals surface area contributed by atoms with Gasteiger partial charge in [0.1, 0.15) is 11.6 Å². The molecule has 0 amide bonds. The quantitative estimate of drug-likeness (QED) is 0.385. The number of hydrogen-bond acceptors (Lipinski definition) is 3. The van der Waals surface area contributed by atoms with Crippen LogP contribution >= 0.6 is 15.9 Å². The summed E-state index contributed by atoms with van der Waals surface area (Å²) in [6.07, 6.45) is 2.29. The van der Waals surface area contributed by atoms with Crippen LogP contribution in [0.15, 0.2) is 27.7 Å². The van der Waals surface area contributed by atoms with E-state index in [0.29, 0.717) is 11.9 Å². The molecular formula is C11H14BrN3O. The van der Waals surface area contributed by atoms with Crippen LogP contribution in [-0.2, 0) is 0 Å². The fourth-order valence-corrected chi connectivity index (χ4v) is 1.82. The van der Waals surface area contributed by atoms with Gasteiger partial charge in [-0.15, -0.1) is 0 Å². The largest absolute Gasteiger partial charge is 0.497 e. The minimum absolute atomic E-state index is 0.421. The minimum atomic E-state index is 0.421. The molecule has 0 heterocycles. The topological polar surface area (TPSA) is 59.6 Å². The average molecular weight is 284 g/mol. The van der Waals surface area contributed by atoms with E-state index in [2.05, 4.69) is 26.3 Å². The normalized spacial score (nSPS) is 16.1. The van der Waals surface area contributed by atoms with Crippen LogP contribution < -0.4 is 16.0 Å². The molecule has 3 N–H and O–H groups in total. The number of amidine groups is 1. The summed E-state index contributed by atoms with van der Waals surface area (Å²) in [5.74, 6) is 6.99. The SMILES string of the molecule is COc1ccc(Br)c(C(=NC2CC2)NN)c1. The molecule has 0 unspecified atom stereocenters. The maximum absolute atomic E-state index is 5.50. The van der Waals surface area contributed by atoms with Gasteiger partial charge in [-0.25, -0.2) is 5.84 Å². The van der Waals surface area contributed by atoms with Gasteiger partial charge in [0.15, 0.2) is 0 Å². The van der Waals surface area contributed by atoms with Crippen molar-refractivity contribution >= 4 is 21.8 Å². The fourth-order valence-electron chi connectivity index (χ4n) is 1.38. The van der Waals surface area contributed by atoms with Crippen molar-refractivity contribution in [3.8, 4) is 5.75 Å². The number of hydrogen-bond donors (Lipinski definition) is 2. The molecule has 1 aromatic carbocycles. The van der Waals surface area contributed by atoms with Gasteiger partial charge in [-0.05, 0) is 31.0 Å². The molecule has 0 spiro atoms. The summed E-state index contributed by atoms with van der Waals surface area (Å²) >= 11 is 3.48. The molecule has 1 aliphatic rings. The second-order valence-electron chi connectivity index (χ2n) is 3.70. The zero-order chi connectivity index (χ0) is 11.5. The third-order valence-corrected chi connectivity index (χ3v) is 3.12. The van der Waals surface area contributed by atoms with E-state index in [0.717, 1.165) is 28.6 Å². The lowest BCUT2D eigenvalue weighted by Crippen LogP contribution is -2.31. The van der Waals surface area contributed by atoms with Gasteiger partial charge in [-0.2, -0.15) is 0 Å². The zero-order valence-corrected chi connectivity index (χ0v) is 10.6. The van der Waals surface area contributed by atoms with Crippen LogP contribution in [0.2, 0.25) is 0 Å². The number of nitrogens with two attached hydrogens (primary N) is 1. The van der Waals surface area contributed by atoms with Gasteiger partial charge < -0.3 is 10.2 Å². The summed E-state index contributed by atoms with van der Waals surface area (Å²) in [6.45, 7) is 0. The summed E-state index contributed by atoms with van der Waals surface area (Å²) in [5, 5.41) is 0. The fraction of sp³-hybridized carbons (Fsp3) is 0.364. The molecule has 1 aromatic rings. The molecule has 0 saturated heterocycles. The highest BCUT2D eigenvalue weighted by molar-refractivity contribution is 9.10. The summed E-state index contributed by atoms with van der Waals surface area (Å²) in [4.78, 5) is 4.51. The maximum Gasteiger partial charge on any atom is 0.144 e. The Morgan fingerprint density at radius 2 is 2.31 bits per heavy atom. The average Bonchev–Trinajstić information content (AvgIpc) is 3.11. The van der Waals surface area contributed by atoms with E-state index in [4.69, 9.17) is 10.6 Å². The summed E-state index contributed by atoms with van der Waals surface area (Å²) < 4.78 is 6.13. The van der Waals surface area contributed by atoms with Crippen molar-refractivity contribution in [1.82, 2.24) is 5.43 Å². The van der Waals surface area contributed by atoms with Gasteiger partial charge in [0, 0.05) is 10.0 Å². The molecule has 0 bridgehead atoms. The van der Waals surface area contributed by atoms with Gasteiger partial charge >= 0.3 is 0 Å². The lowest BCUT2D eigenvalue weighted by atomic mass is 10.2. The van der Waals surface area contributed by atoms with Gasteiger partial charge in [-0.1, -0.05) is 15.9 Å². The third-order valence-electron chi connectivity index (χ3n) is 2.42. The molecule has 2 rings (SSSR count). The predicted octanol–water partition coefficient (Wildman–Crippen LogP) is 1.83. The van der Waals surface area contributed by atoms with Gasteiger partial charge in [0.05, 0.1) is 13.2 Å². The predicted molar refractivity (Wildman–Crippen MR) is 67.6 cm³/mol. The van der Waals surface area contributed by atoms with Gasteiger partial charge in [-0.3, -0.25) is 4.99 Å². The molecule has 1 fully saturated rings. The first kappa shape index (κ1) is 11.4. The van der Waals surface area contributed by atoms with E-state index in [1.54, 1.807) is 7.11 Å². The summed E-state index contributed by atoms with van der Waals surface area (Å²) in [6, 6.07) is 6.14. The smallest absolute Gasteiger partial charge is 0.144 e. The van der Waals surface area contributed by atoms with Crippen LogP contribution in [-0.4, -0.2) is 19.0 Å². The number of aliphatic imine (C=N–C) groups is 1.